The van der Waals surface area contributed by atoms with Crippen molar-refractivity contribution in [3.63, 3.8) is 0 Å². The molecular weight excluding hydrogens is 290 g/mol. The summed E-state index contributed by atoms with van der Waals surface area (Å²) in [5, 5.41) is 9.89. The maximum atomic E-state index is 12.9. The Hall–Kier alpha value is -1.88. The Kier molecular flexibility index (Phi) is 3.60. The molecule has 1 aliphatic carbocycles. The zero-order chi connectivity index (χ0) is 16.0. The second-order valence-corrected chi connectivity index (χ2v) is 6.87. The van der Waals surface area contributed by atoms with Gasteiger partial charge in [-0.05, 0) is 50.2 Å². The van der Waals surface area contributed by atoms with Gasteiger partial charge in [0.15, 0.2) is 5.82 Å². The van der Waals surface area contributed by atoms with Gasteiger partial charge in [-0.25, -0.2) is 4.98 Å². The fraction of sp³-hybridized carbons (Fsp3) is 0.556. The molecular formula is C18H23N3O2. The summed E-state index contributed by atoms with van der Waals surface area (Å²) >= 11 is 0. The third-order valence-corrected chi connectivity index (χ3v) is 5.47. The molecule has 0 amide bonds. The molecule has 5 nitrogen and oxygen atoms in total. The summed E-state index contributed by atoms with van der Waals surface area (Å²) in [5.74, 6) is 1.65. The van der Waals surface area contributed by atoms with Crippen molar-refractivity contribution in [3.8, 4) is 0 Å². The van der Waals surface area contributed by atoms with Crippen molar-refractivity contribution in [1.82, 2.24) is 9.55 Å². The molecule has 23 heavy (non-hydrogen) atoms. The van der Waals surface area contributed by atoms with Gasteiger partial charge < -0.3 is 14.6 Å². The minimum absolute atomic E-state index is 0.00500. The number of nitrogens with zero attached hydrogens (tertiary/aromatic N) is 3. The lowest BCUT2D eigenvalue weighted by Crippen LogP contribution is -2.32. The highest BCUT2D eigenvalue weighted by Gasteiger charge is 2.38. The zero-order valence-corrected chi connectivity index (χ0v) is 13.5. The van der Waals surface area contributed by atoms with E-state index in [4.69, 9.17) is 0 Å². The van der Waals surface area contributed by atoms with Crippen LogP contribution in [-0.2, 0) is 6.54 Å². The molecule has 0 spiro atoms. The fourth-order valence-corrected chi connectivity index (χ4v) is 4.28. The van der Waals surface area contributed by atoms with Gasteiger partial charge in [0.1, 0.15) is 0 Å². The number of fused-ring (bicyclic) bond motifs is 2. The first-order valence-electron chi connectivity index (χ1n) is 8.60. The molecule has 0 bridgehead atoms. The largest absolute Gasteiger partial charge is 0.393 e. The summed E-state index contributed by atoms with van der Waals surface area (Å²) in [5.41, 5.74) is 1.78. The van der Waals surface area contributed by atoms with Crippen LogP contribution in [0.1, 0.15) is 26.2 Å². The van der Waals surface area contributed by atoms with E-state index in [9.17, 15) is 9.90 Å². The molecule has 4 rings (SSSR count). The predicted molar refractivity (Wildman–Crippen MR) is 90.7 cm³/mol. The quantitative estimate of drug-likeness (QED) is 0.921. The summed E-state index contributed by atoms with van der Waals surface area (Å²) in [7, 11) is 0. The van der Waals surface area contributed by atoms with Crippen LogP contribution in [0.25, 0.3) is 11.0 Å². The number of aromatic nitrogens is 2. The molecule has 3 atom stereocenters. The number of hydrogen-bond acceptors (Lipinski definition) is 4. The third kappa shape index (κ3) is 2.43. The minimum Gasteiger partial charge on any atom is -0.393 e. The average molecular weight is 313 g/mol. The molecule has 2 aliphatic rings. The van der Waals surface area contributed by atoms with Crippen LogP contribution in [0.3, 0.4) is 0 Å². The van der Waals surface area contributed by atoms with Crippen LogP contribution < -0.4 is 10.5 Å². The second-order valence-electron chi connectivity index (χ2n) is 6.87. The minimum atomic E-state index is -0.173. The van der Waals surface area contributed by atoms with Crippen molar-refractivity contribution in [2.75, 3.05) is 18.0 Å². The Bertz CT molecular complexity index is 785. The Balaban J connectivity index is 1.75. The molecule has 1 aromatic carbocycles. The van der Waals surface area contributed by atoms with Crippen LogP contribution >= 0.6 is 0 Å². The van der Waals surface area contributed by atoms with Crippen LogP contribution in [0.15, 0.2) is 29.1 Å². The molecule has 1 N–H and O–H groups in total. The lowest BCUT2D eigenvalue weighted by Gasteiger charge is -2.27. The molecule has 2 fully saturated rings. The molecule has 2 aromatic rings. The second kappa shape index (κ2) is 5.64. The Morgan fingerprint density at radius 1 is 1.22 bits per heavy atom. The topological polar surface area (TPSA) is 58.4 Å². The average Bonchev–Trinajstić information content (AvgIpc) is 2.97. The number of aryl methyl sites for hydroxylation is 1. The van der Waals surface area contributed by atoms with Crippen LogP contribution in [0.5, 0.6) is 0 Å². The summed E-state index contributed by atoms with van der Waals surface area (Å²) in [4.78, 5) is 19.7. The van der Waals surface area contributed by atoms with Crippen molar-refractivity contribution in [3.05, 3.63) is 34.6 Å². The van der Waals surface area contributed by atoms with Crippen molar-refractivity contribution >= 4 is 16.9 Å². The normalized spacial score (nSPS) is 27.4. The smallest absolute Gasteiger partial charge is 0.293 e. The first-order chi connectivity index (χ1) is 11.2. The van der Waals surface area contributed by atoms with E-state index in [0.29, 0.717) is 24.2 Å². The molecule has 1 aliphatic heterocycles. The molecule has 1 saturated carbocycles. The zero-order valence-electron chi connectivity index (χ0n) is 13.5. The Morgan fingerprint density at radius 3 is 2.83 bits per heavy atom. The molecule has 1 aromatic heterocycles. The van der Waals surface area contributed by atoms with Crippen molar-refractivity contribution in [2.45, 2.75) is 38.8 Å². The summed E-state index contributed by atoms with van der Waals surface area (Å²) < 4.78 is 1.81. The van der Waals surface area contributed by atoms with Gasteiger partial charge in [0.2, 0.25) is 0 Å². The van der Waals surface area contributed by atoms with Crippen molar-refractivity contribution in [1.29, 1.82) is 0 Å². The molecule has 2 heterocycles. The van der Waals surface area contributed by atoms with Gasteiger partial charge in [0.05, 0.1) is 17.1 Å². The maximum absolute atomic E-state index is 12.9. The number of aliphatic hydroxyl groups is 1. The lowest BCUT2D eigenvalue weighted by molar-refractivity contribution is 0.0867. The van der Waals surface area contributed by atoms with Crippen LogP contribution in [0.2, 0.25) is 0 Å². The van der Waals surface area contributed by atoms with E-state index in [1.165, 1.54) is 0 Å². The van der Waals surface area contributed by atoms with Gasteiger partial charge in [-0.3, -0.25) is 4.79 Å². The van der Waals surface area contributed by atoms with E-state index >= 15 is 0 Å². The fourth-order valence-electron chi connectivity index (χ4n) is 4.28. The number of hydrogen-bond donors (Lipinski definition) is 1. The highest BCUT2D eigenvalue weighted by Crippen LogP contribution is 2.37. The van der Waals surface area contributed by atoms with E-state index < -0.39 is 0 Å². The molecule has 0 radical (unpaired) electrons. The van der Waals surface area contributed by atoms with Gasteiger partial charge in [0.25, 0.3) is 5.56 Å². The van der Waals surface area contributed by atoms with E-state index in [0.717, 1.165) is 43.4 Å². The number of anilines is 1. The van der Waals surface area contributed by atoms with Crippen molar-refractivity contribution < 1.29 is 5.11 Å². The van der Waals surface area contributed by atoms with Gasteiger partial charge in [-0.1, -0.05) is 12.1 Å². The summed E-state index contributed by atoms with van der Waals surface area (Å²) in [6.07, 6.45) is 2.63. The van der Waals surface area contributed by atoms with E-state index in [1.54, 1.807) is 0 Å². The maximum Gasteiger partial charge on any atom is 0.293 e. The van der Waals surface area contributed by atoms with Crippen molar-refractivity contribution in [2.24, 2.45) is 11.8 Å². The monoisotopic (exact) mass is 313 g/mol. The first kappa shape index (κ1) is 14.7. The summed E-state index contributed by atoms with van der Waals surface area (Å²) in [6, 6.07) is 7.83. The van der Waals surface area contributed by atoms with Gasteiger partial charge in [-0.2, -0.15) is 0 Å². The first-order valence-corrected chi connectivity index (χ1v) is 8.60. The molecule has 122 valence electrons. The standard InChI is InChI=1S/C18H23N3O2/c1-2-21-16-6-4-3-5-15(16)19-17(18(21)23)20-10-12-7-8-14(22)9-13(12)11-20/h3-6,12-14,22H,2,7-11H2,1H3/t12-,13+,14-/m0/s1. The predicted octanol–water partition coefficient (Wildman–Crippen LogP) is 2.01. The molecule has 1 saturated heterocycles. The number of benzene rings is 1. The highest BCUT2D eigenvalue weighted by molar-refractivity contribution is 5.76. The van der Waals surface area contributed by atoms with E-state index in [2.05, 4.69) is 9.88 Å². The molecule has 5 heteroatoms. The van der Waals surface area contributed by atoms with Gasteiger partial charge in [0, 0.05) is 19.6 Å². The number of aliphatic hydroxyl groups excluding tert-OH is 1. The number of para-hydroxylation sites is 2. The SMILES string of the molecule is CCn1c(=O)c(N2C[C@H]3C[C@@H](O)CC[C@H]3C2)nc2ccccc21. The Morgan fingerprint density at radius 2 is 2.00 bits per heavy atom. The van der Waals surface area contributed by atoms with Crippen LogP contribution in [-0.4, -0.2) is 33.9 Å². The third-order valence-electron chi connectivity index (χ3n) is 5.47. The lowest BCUT2D eigenvalue weighted by atomic mass is 9.80. The van der Waals surface area contributed by atoms with E-state index in [1.807, 2.05) is 35.8 Å². The highest BCUT2D eigenvalue weighted by atomic mass is 16.3. The Labute approximate surface area is 135 Å². The summed E-state index contributed by atoms with van der Waals surface area (Å²) in [6.45, 7) is 4.37. The van der Waals surface area contributed by atoms with Gasteiger partial charge >= 0.3 is 0 Å². The van der Waals surface area contributed by atoms with Crippen LogP contribution in [0, 0.1) is 11.8 Å². The molecule has 0 unspecified atom stereocenters. The van der Waals surface area contributed by atoms with Crippen LogP contribution in [0.4, 0.5) is 5.82 Å². The number of rotatable bonds is 2. The van der Waals surface area contributed by atoms with E-state index in [-0.39, 0.29) is 11.7 Å². The van der Waals surface area contributed by atoms with Gasteiger partial charge in [-0.15, -0.1) is 0 Å².